The van der Waals surface area contributed by atoms with Crippen molar-refractivity contribution in [2.24, 2.45) is 0 Å². The maximum absolute atomic E-state index is 11.3. The zero-order chi connectivity index (χ0) is 10.0. The zero-order valence-electron chi connectivity index (χ0n) is 8.00. The Labute approximate surface area is 76.5 Å². The Morgan fingerprint density at radius 2 is 2.23 bits per heavy atom. The van der Waals surface area contributed by atoms with E-state index in [1.807, 2.05) is 0 Å². The number of carbonyl (C=O) groups is 1. The van der Waals surface area contributed by atoms with E-state index in [1.54, 1.807) is 20.8 Å². The van der Waals surface area contributed by atoms with Gasteiger partial charge in [-0.2, -0.15) is 0 Å². The molecule has 0 aliphatic carbocycles. The lowest BCUT2D eigenvalue weighted by molar-refractivity contribution is 0.0515. The van der Waals surface area contributed by atoms with Crippen molar-refractivity contribution in [3.63, 3.8) is 0 Å². The lowest BCUT2D eigenvalue weighted by Gasteiger charge is -2.03. The summed E-state index contributed by atoms with van der Waals surface area (Å²) in [6, 6.07) is 0. The number of ether oxygens (including phenoxy) is 1. The van der Waals surface area contributed by atoms with Crippen molar-refractivity contribution in [1.29, 1.82) is 0 Å². The van der Waals surface area contributed by atoms with Gasteiger partial charge in [0.2, 0.25) is 0 Å². The van der Waals surface area contributed by atoms with E-state index in [-0.39, 0.29) is 0 Å². The minimum Gasteiger partial charge on any atom is -0.461 e. The Hall–Kier alpha value is -1.52. The van der Waals surface area contributed by atoms with Crippen LogP contribution in [0, 0.1) is 13.8 Å². The van der Waals surface area contributed by atoms with Crippen LogP contribution in [0.2, 0.25) is 0 Å². The van der Waals surface area contributed by atoms with E-state index >= 15 is 0 Å². The number of carbonyl (C=O) groups excluding carboxylic acids is 1. The van der Waals surface area contributed by atoms with Crippen LogP contribution < -0.4 is 5.84 Å². The van der Waals surface area contributed by atoms with Gasteiger partial charge in [0.25, 0.3) is 0 Å². The third-order valence-corrected chi connectivity index (χ3v) is 1.73. The van der Waals surface area contributed by atoms with Crippen LogP contribution in [0.15, 0.2) is 0 Å². The second kappa shape index (κ2) is 3.47. The molecule has 0 fully saturated rings. The second-order valence-electron chi connectivity index (χ2n) is 2.68. The summed E-state index contributed by atoms with van der Waals surface area (Å²) >= 11 is 0. The predicted octanol–water partition coefficient (Wildman–Crippen LogP) is 0.390. The Kier molecular flexibility index (Phi) is 2.55. The largest absolute Gasteiger partial charge is 0.461 e. The fraction of sp³-hybridized carbons (Fsp3) is 0.500. The predicted molar refractivity (Wildman–Crippen MR) is 47.8 cm³/mol. The highest BCUT2D eigenvalue weighted by Gasteiger charge is 2.17. The molecule has 5 heteroatoms. The molecule has 0 saturated carbocycles. The van der Waals surface area contributed by atoms with Gasteiger partial charge in [-0.05, 0) is 20.8 Å². The number of aromatic nitrogens is 2. The van der Waals surface area contributed by atoms with E-state index in [0.717, 1.165) is 0 Å². The highest BCUT2D eigenvalue weighted by molar-refractivity contribution is 5.88. The molecule has 0 saturated heterocycles. The molecule has 0 atom stereocenters. The smallest absolute Gasteiger partial charge is 0.358 e. The van der Waals surface area contributed by atoms with Crippen molar-refractivity contribution >= 4 is 5.97 Å². The van der Waals surface area contributed by atoms with Gasteiger partial charge in [0.15, 0.2) is 5.69 Å². The first-order valence-corrected chi connectivity index (χ1v) is 4.06. The minimum atomic E-state index is -0.428. The lowest BCUT2D eigenvalue weighted by atomic mass is 10.3. The molecule has 0 spiro atoms. The number of aryl methyl sites for hydroxylation is 2. The molecule has 0 aliphatic heterocycles. The molecule has 1 aromatic rings. The number of nitrogens with two attached hydrogens (primary N) is 1. The van der Waals surface area contributed by atoms with E-state index < -0.39 is 5.97 Å². The highest BCUT2D eigenvalue weighted by atomic mass is 16.5. The highest BCUT2D eigenvalue weighted by Crippen LogP contribution is 2.08. The van der Waals surface area contributed by atoms with Gasteiger partial charge < -0.3 is 10.6 Å². The number of nitrogen functional groups attached to an aromatic ring is 1. The van der Waals surface area contributed by atoms with Crippen molar-refractivity contribution in [1.82, 2.24) is 9.66 Å². The van der Waals surface area contributed by atoms with E-state index in [4.69, 9.17) is 10.6 Å². The molecule has 0 radical (unpaired) electrons. The third kappa shape index (κ3) is 1.63. The minimum absolute atomic E-state index is 0.319. The van der Waals surface area contributed by atoms with Crippen molar-refractivity contribution in [3.8, 4) is 0 Å². The fourth-order valence-corrected chi connectivity index (χ4v) is 1.13. The van der Waals surface area contributed by atoms with E-state index in [1.165, 1.54) is 4.68 Å². The molecule has 0 unspecified atom stereocenters. The molecule has 1 rings (SSSR count). The summed E-state index contributed by atoms with van der Waals surface area (Å²) in [4.78, 5) is 15.4. The first-order valence-electron chi connectivity index (χ1n) is 4.06. The molecule has 72 valence electrons. The first kappa shape index (κ1) is 9.57. The van der Waals surface area contributed by atoms with Crippen molar-refractivity contribution in [3.05, 3.63) is 17.2 Å². The van der Waals surface area contributed by atoms with Crippen molar-refractivity contribution in [2.75, 3.05) is 12.4 Å². The summed E-state index contributed by atoms with van der Waals surface area (Å²) in [5.41, 5.74) is 0.915. The Bertz CT molecular complexity index is 330. The molecule has 1 heterocycles. The van der Waals surface area contributed by atoms with Gasteiger partial charge in [0.1, 0.15) is 5.82 Å². The van der Waals surface area contributed by atoms with Gasteiger partial charge in [-0.15, -0.1) is 0 Å². The van der Waals surface area contributed by atoms with Gasteiger partial charge >= 0.3 is 5.97 Å². The second-order valence-corrected chi connectivity index (χ2v) is 2.68. The van der Waals surface area contributed by atoms with E-state index in [2.05, 4.69) is 4.98 Å². The van der Waals surface area contributed by atoms with Crippen LogP contribution in [0.1, 0.15) is 28.9 Å². The van der Waals surface area contributed by atoms with Crippen LogP contribution in [-0.2, 0) is 4.74 Å². The Morgan fingerprint density at radius 1 is 1.62 bits per heavy atom. The maximum Gasteiger partial charge on any atom is 0.358 e. The maximum atomic E-state index is 11.3. The molecule has 2 N–H and O–H groups in total. The topological polar surface area (TPSA) is 70.1 Å². The number of nitrogens with zero attached hydrogens (tertiary/aromatic N) is 2. The van der Waals surface area contributed by atoms with Crippen molar-refractivity contribution in [2.45, 2.75) is 20.8 Å². The summed E-state index contributed by atoms with van der Waals surface area (Å²) in [5, 5.41) is 0. The van der Waals surface area contributed by atoms with Gasteiger partial charge in [-0.25, -0.2) is 14.5 Å². The zero-order valence-corrected chi connectivity index (χ0v) is 8.00. The fourth-order valence-electron chi connectivity index (χ4n) is 1.13. The molecule has 1 aromatic heterocycles. The molecule has 0 aromatic carbocycles. The first-order chi connectivity index (χ1) is 6.07. The normalized spacial score (nSPS) is 10.1. The van der Waals surface area contributed by atoms with Crippen LogP contribution in [0.25, 0.3) is 0 Å². The number of hydrogen-bond acceptors (Lipinski definition) is 4. The number of rotatable bonds is 2. The lowest BCUT2D eigenvalue weighted by Crippen LogP contribution is -2.20. The van der Waals surface area contributed by atoms with Gasteiger partial charge in [0, 0.05) is 0 Å². The number of esters is 1. The van der Waals surface area contributed by atoms with E-state index in [0.29, 0.717) is 23.8 Å². The number of imidazole rings is 1. The molecular formula is C8H13N3O2. The van der Waals surface area contributed by atoms with Crippen LogP contribution in [0.5, 0.6) is 0 Å². The average Bonchev–Trinajstić information content (AvgIpc) is 2.27. The van der Waals surface area contributed by atoms with E-state index in [9.17, 15) is 4.79 Å². The van der Waals surface area contributed by atoms with Crippen LogP contribution >= 0.6 is 0 Å². The molecule has 0 amide bonds. The monoisotopic (exact) mass is 183 g/mol. The van der Waals surface area contributed by atoms with Crippen LogP contribution in [0.3, 0.4) is 0 Å². The molecule has 13 heavy (non-hydrogen) atoms. The molecular weight excluding hydrogens is 170 g/mol. The molecule has 0 aliphatic rings. The summed E-state index contributed by atoms with van der Waals surface area (Å²) in [6.07, 6.45) is 0. The summed E-state index contributed by atoms with van der Waals surface area (Å²) < 4.78 is 6.07. The van der Waals surface area contributed by atoms with Gasteiger partial charge in [0.05, 0.1) is 12.3 Å². The van der Waals surface area contributed by atoms with Crippen LogP contribution in [0.4, 0.5) is 0 Å². The SMILES string of the molecule is CCOC(=O)c1c(C)nc(C)n1N. The van der Waals surface area contributed by atoms with Crippen molar-refractivity contribution < 1.29 is 9.53 Å². The van der Waals surface area contributed by atoms with Crippen LogP contribution in [-0.4, -0.2) is 22.2 Å². The Morgan fingerprint density at radius 3 is 2.62 bits per heavy atom. The quantitative estimate of drug-likeness (QED) is 0.532. The Balaban J connectivity index is 3.06. The molecule has 5 nitrogen and oxygen atoms in total. The average molecular weight is 183 g/mol. The standard InChI is InChI=1S/C8H13N3O2/c1-4-13-8(12)7-5(2)10-6(3)11(7)9/h4,9H2,1-3H3. The van der Waals surface area contributed by atoms with Gasteiger partial charge in [-0.3, -0.25) is 0 Å². The number of hydrogen-bond donors (Lipinski definition) is 1. The summed E-state index contributed by atoms with van der Waals surface area (Å²) in [7, 11) is 0. The third-order valence-electron chi connectivity index (χ3n) is 1.73. The van der Waals surface area contributed by atoms with Gasteiger partial charge in [-0.1, -0.05) is 0 Å². The molecule has 0 bridgehead atoms. The summed E-state index contributed by atoms with van der Waals surface area (Å²) in [6.45, 7) is 5.54. The summed E-state index contributed by atoms with van der Waals surface area (Å²) in [5.74, 6) is 5.76.